The number of carboxylic acids is 1. The van der Waals surface area contributed by atoms with E-state index in [1.807, 2.05) is 6.07 Å². The van der Waals surface area contributed by atoms with Crippen LogP contribution in [-0.2, 0) is 9.59 Å². The largest absolute Gasteiger partial charge is 0.550 e. The van der Waals surface area contributed by atoms with Crippen molar-refractivity contribution >= 4 is 41.0 Å². The molecule has 1 fully saturated rings. The van der Waals surface area contributed by atoms with E-state index in [1.165, 1.54) is 18.9 Å². The van der Waals surface area contributed by atoms with Gasteiger partial charge in [0.05, 0.1) is 6.10 Å². The van der Waals surface area contributed by atoms with Crippen molar-refractivity contribution in [3.8, 4) is 0 Å². The predicted molar refractivity (Wildman–Crippen MR) is 101 cm³/mol. The summed E-state index contributed by atoms with van der Waals surface area (Å²) < 4.78 is 0. The lowest BCUT2D eigenvalue weighted by Crippen LogP contribution is -2.26. The minimum atomic E-state index is -1.44. The average molecular weight is 398 g/mol. The fourth-order valence-corrected chi connectivity index (χ4v) is 4.02. The molecule has 1 aliphatic carbocycles. The van der Waals surface area contributed by atoms with Crippen LogP contribution in [-0.4, -0.2) is 23.0 Å². The van der Waals surface area contributed by atoms with E-state index in [9.17, 15) is 19.8 Å². The Morgan fingerprint density at radius 3 is 2.46 bits per heavy atom. The number of aliphatic hydroxyl groups excluding tert-OH is 1. The maximum atomic E-state index is 11.5. The van der Waals surface area contributed by atoms with Crippen LogP contribution >= 0.6 is 23.2 Å². The van der Waals surface area contributed by atoms with Crippen molar-refractivity contribution in [1.29, 1.82) is 0 Å². The molecule has 0 aliphatic heterocycles. The topological polar surface area (TPSA) is 77.4 Å². The van der Waals surface area contributed by atoms with E-state index < -0.39 is 24.3 Å². The summed E-state index contributed by atoms with van der Waals surface area (Å²) in [6.07, 6.45) is 8.08. The lowest BCUT2D eigenvalue weighted by Gasteiger charge is -2.19. The number of aliphatic hydroxyl groups is 1. The first-order valence-electron chi connectivity index (χ1n) is 8.93. The number of halogens is 2. The lowest BCUT2D eigenvalue weighted by atomic mass is 9.88. The van der Waals surface area contributed by atoms with Gasteiger partial charge in [-0.2, -0.15) is 0 Å². The van der Waals surface area contributed by atoms with Crippen LogP contribution in [0.5, 0.6) is 0 Å². The standard InChI is InChI=1S/C20H24Cl2O4/c21-14-9-18(13-5-3-1-2-4-6-13)17(19(22)10-14)8-7-15(23)11-16(24)12-20(25)26/h7-10,13,15,23H,1-6,11-12H2,(H,25,26)/p-1/b8-7+. The number of hydrogen-bond donors (Lipinski definition) is 1. The Labute approximate surface area is 163 Å². The van der Waals surface area contributed by atoms with Crippen molar-refractivity contribution < 1.29 is 19.8 Å². The normalized spacial score (nSPS) is 17.2. The third-order valence-corrected chi connectivity index (χ3v) is 5.22. The second-order valence-electron chi connectivity index (χ2n) is 6.80. The Bertz CT molecular complexity index is 677. The monoisotopic (exact) mass is 397 g/mol. The number of carboxylic acid groups (broad SMARTS) is 1. The molecule has 0 heterocycles. The van der Waals surface area contributed by atoms with Gasteiger partial charge in [-0.25, -0.2) is 0 Å². The number of carbonyl (C=O) groups is 2. The van der Waals surface area contributed by atoms with Gasteiger partial charge in [0.15, 0.2) is 0 Å². The van der Waals surface area contributed by atoms with Gasteiger partial charge in [0, 0.05) is 28.9 Å². The summed E-state index contributed by atoms with van der Waals surface area (Å²) in [6.45, 7) is 0. The van der Waals surface area contributed by atoms with E-state index in [0.29, 0.717) is 16.0 Å². The smallest absolute Gasteiger partial charge is 0.141 e. The summed E-state index contributed by atoms with van der Waals surface area (Å²) in [7, 11) is 0. The van der Waals surface area contributed by atoms with Gasteiger partial charge in [-0.3, -0.25) is 4.79 Å². The van der Waals surface area contributed by atoms with E-state index in [0.717, 1.165) is 36.8 Å². The molecule has 4 nitrogen and oxygen atoms in total. The molecule has 1 saturated carbocycles. The van der Waals surface area contributed by atoms with Crippen LogP contribution < -0.4 is 5.11 Å². The van der Waals surface area contributed by atoms with E-state index >= 15 is 0 Å². The lowest BCUT2D eigenvalue weighted by molar-refractivity contribution is -0.304. The second kappa shape index (κ2) is 10.1. The highest BCUT2D eigenvalue weighted by atomic mass is 35.5. The quantitative estimate of drug-likeness (QED) is 0.558. The third kappa shape index (κ3) is 6.42. The summed E-state index contributed by atoms with van der Waals surface area (Å²) in [5.41, 5.74) is 1.86. The molecule has 0 amide bonds. The molecule has 0 aromatic heterocycles. The van der Waals surface area contributed by atoms with Crippen molar-refractivity contribution in [2.24, 2.45) is 0 Å². The fourth-order valence-electron chi connectivity index (χ4n) is 3.45. The molecular weight excluding hydrogens is 375 g/mol. The Morgan fingerprint density at radius 2 is 1.85 bits per heavy atom. The first kappa shape index (κ1) is 20.9. The second-order valence-corrected chi connectivity index (χ2v) is 7.64. The number of carbonyl (C=O) groups excluding carboxylic acids is 2. The number of benzene rings is 1. The Hall–Kier alpha value is -1.36. The molecule has 1 N–H and O–H groups in total. The molecule has 1 atom stereocenters. The SMILES string of the molecule is O=C([O-])CC(=O)CC(O)/C=C/c1c(Cl)cc(Cl)cc1C1CCCCCC1. The summed E-state index contributed by atoms with van der Waals surface area (Å²) in [5, 5.41) is 21.5. The van der Waals surface area contributed by atoms with Gasteiger partial charge in [0.25, 0.3) is 0 Å². The first-order chi connectivity index (χ1) is 12.4. The van der Waals surface area contributed by atoms with Crippen molar-refractivity contribution in [2.75, 3.05) is 0 Å². The molecule has 1 aromatic rings. The van der Waals surface area contributed by atoms with Gasteiger partial charge >= 0.3 is 0 Å². The minimum Gasteiger partial charge on any atom is -0.550 e. The molecular formula is C20H23Cl2O4-. The van der Waals surface area contributed by atoms with Crippen molar-refractivity contribution in [3.63, 3.8) is 0 Å². The number of hydrogen-bond acceptors (Lipinski definition) is 4. The number of aliphatic carboxylic acids is 1. The van der Waals surface area contributed by atoms with Crippen LogP contribution in [0.25, 0.3) is 6.08 Å². The zero-order valence-corrected chi connectivity index (χ0v) is 16.1. The maximum absolute atomic E-state index is 11.5. The van der Waals surface area contributed by atoms with Gasteiger partial charge in [-0.15, -0.1) is 0 Å². The predicted octanol–water partition coefficient (Wildman–Crippen LogP) is 3.90. The van der Waals surface area contributed by atoms with Crippen LogP contribution in [0.4, 0.5) is 0 Å². The van der Waals surface area contributed by atoms with Crippen molar-refractivity contribution in [3.05, 3.63) is 39.4 Å². The highest BCUT2D eigenvalue weighted by Gasteiger charge is 2.19. The molecule has 1 aliphatic rings. The molecule has 0 saturated heterocycles. The maximum Gasteiger partial charge on any atom is 0.141 e. The van der Waals surface area contributed by atoms with E-state index in [1.54, 1.807) is 12.1 Å². The molecule has 0 radical (unpaired) electrons. The third-order valence-electron chi connectivity index (χ3n) is 4.68. The summed E-state index contributed by atoms with van der Waals surface area (Å²) in [4.78, 5) is 21.9. The number of Topliss-reactive ketones (excluding diaryl/α,β-unsaturated/α-hetero) is 1. The van der Waals surface area contributed by atoms with E-state index in [2.05, 4.69) is 0 Å². The van der Waals surface area contributed by atoms with Crippen LogP contribution in [0.15, 0.2) is 18.2 Å². The van der Waals surface area contributed by atoms with Crippen LogP contribution in [0.2, 0.25) is 10.0 Å². The zero-order chi connectivity index (χ0) is 19.1. The zero-order valence-electron chi connectivity index (χ0n) is 14.5. The molecule has 1 aromatic carbocycles. The van der Waals surface area contributed by atoms with Crippen molar-refractivity contribution in [1.82, 2.24) is 0 Å². The van der Waals surface area contributed by atoms with Gasteiger partial charge in [0.1, 0.15) is 5.78 Å². The van der Waals surface area contributed by atoms with Gasteiger partial charge in [-0.1, -0.05) is 61.0 Å². The molecule has 2 rings (SSSR count). The van der Waals surface area contributed by atoms with Gasteiger partial charge in [-0.05, 0) is 42.0 Å². The fraction of sp³-hybridized carbons (Fsp3) is 0.500. The van der Waals surface area contributed by atoms with Crippen LogP contribution in [0, 0.1) is 0 Å². The number of rotatable bonds is 7. The van der Waals surface area contributed by atoms with Crippen molar-refractivity contribution in [2.45, 2.75) is 63.4 Å². The van der Waals surface area contributed by atoms with Crippen LogP contribution in [0.3, 0.4) is 0 Å². The summed E-state index contributed by atoms with van der Waals surface area (Å²) in [5.74, 6) is -1.65. The highest BCUT2D eigenvalue weighted by Crippen LogP contribution is 2.38. The molecule has 142 valence electrons. The molecule has 26 heavy (non-hydrogen) atoms. The Morgan fingerprint density at radius 1 is 1.19 bits per heavy atom. The Balaban J connectivity index is 2.19. The van der Waals surface area contributed by atoms with E-state index in [-0.39, 0.29) is 6.42 Å². The number of ketones is 1. The molecule has 1 unspecified atom stereocenters. The Kier molecular flexibility index (Phi) is 8.14. The average Bonchev–Trinajstić information content (AvgIpc) is 2.81. The van der Waals surface area contributed by atoms with Gasteiger partial charge in [0.2, 0.25) is 0 Å². The highest BCUT2D eigenvalue weighted by molar-refractivity contribution is 6.35. The molecule has 0 spiro atoms. The van der Waals surface area contributed by atoms with E-state index in [4.69, 9.17) is 23.2 Å². The molecule has 0 bridgehead atoms. The molecule has 6 heteroatoms. The summed E-state index contributed by atoms with van der Waals surface area (Å²) in [6, 6.07) is 3.59. The van der Waals surface area contributed by atoms with Crippen LogP contribution in [0.1, 0.15) is 68.4 Å². The first-order valence-corrected chi connectivity index (χ1v) is 9.69. The summed E-state index contributed by atoms with van der Waals surface area (Å²) >= 11 is 12.6. The van der Waals surface area contributed by atoms with Gasteiger partial charge < -0.3 is 15.0 Å². The minimum absolute atomic E-state index is 0.269.